The van der Waals surface area contributed by atoms with Crippen molar-refractivity contribution in [1.29, 1.82) is 0 Å². The van der Waals surface area contributed by atoms with Gasteiger partial charge in [0.25, 0.3) is 5.91 Å². The lowest BCUT2D eigenvalue weighted by molar-refractivity contribution is 0.0934. The molecule has 0 bridgehead atoms. The van der Waals surface area contributed by atoms with E-state index in [1.165, 1.54) is 12.5 Å². The second-order valence-electron chi connectivity index (χ2n) is 7.88. The summed E-state index contributed by atoms with van der Waals surface area (Å²) >= 11 is 0. The Labute approximate surface area is 189 Å². The van der Waals surface area contributed by atoms with Crippen LogP contribution >= 0.6 is 0 Å². The molecular formula is C22H21F2N3O5S. The quantitative estimate of drug-likeness (QED) is 0.495. The lowest BCUT2D eigenvalue weighted by atomic mass is 10.1. The molecule has 1 aliphatic rings. The molecule has 33 heavy (non-hydrogen) atoms. The summed E-state index contributed by atoms with van der Waals surface area (Å²) in [6.45, 7) is 1.51. The van der Waals surface area contributed by atoms with Gasteiger partial charge in [-0.3, -0.25) is 9.52 Å². The molecule has 1 amide bonds. The molecular weight excluding hydrogens is 456 g/mol. The van der Waals surface area contributed by atoms with Gasteiger partial charge in [-0.1, -0.05) is 12.1 Å². The Kier molecular flexibility index (Phi) is 6.07. The van der Waals surface area contributed by atoms with Crippen LogP contribution in [-0.2, 0) is 10.0 Å². The van der Waals surface area contributed by atoms with Crippen LogP contribution < -0.4 is 14.8 Å². The van der Waals surface area contributed by atoms with Crippen molar-refractivity contribution in [2.75, 3.05) is 11.0 Å². The number of nitrogens with one attached hydrogen (secondary N) is 2. The Morgan fingerprint density at radius 3 is 2.55 bits per heavy atom. The SMILES string of the molecule is CC(NC(=O)c1coc(Oc2cccc(C3CC3)c2)n1)c1cc(F)c(NS(C)(=O)=O)c(F)c1. The van der Waals surface area contributed by atoms with E-state index in [1.54, 1.807) is 10.8 Å². The molecule has 8 nitrogen and oxygen atoms in total. The number of benzene rings is 2. The molecule has 3 aromatic rings. The van der Waals surface area contributed by atoms with Gasteiger partial charge in [0.05, 0.1) is 12.3 Å². The van der Waals surface area contributed by atoms with Gasteiger partial charge in [-0.05, 0) is 61.1 Å². The van der Waals surface area contributed by atoms with Gasteiger partial charge in [0, 0.05) is 0 Å². The average molecular weight is 477 g/mol. The van der Waals surface area contributed by atoms with E-state index in [9.17, 15) is 22.0 Å². The summed E-state index contributed by atoms with van der Waals surface area (Å²) in [5, 5.41) is 2.56. The summed E-state index contributed by atoms with van der Waals surface area (Å²) < 4.78 is 63.6. The highest BCUT2D eigenvalue weighted by Crippen LogP contribution is 2.41. The van der Waals surface area contributed by atoms with Crippen molar-refractivity contribution in [3.63, 3.8) is 0 Å². The summed E-state index contributed by atoms with van der Waals surface area (Å²) in [5.41, 5.74) is 0.396. The predicted molar refractivity (Wildman–Crippen MR) is 116 cm³/mol. The van der Waals surface area contributed by atoms with Crippen LogP contribution in [0.2, 0.25) is 0 Å². The van der Waals surface area contributed by atoms with Gasteiger partial charge in [0.2, 0.25) is 10.0 Å². The van der Waals surface area contributed by atoms with Crippen LogP contribution in [0.1, 0.15) is 53.3 Å². The first-order valence-electron chi connectivity index (χ1n) is 10.1. The first kappa shape index (κ1) is 22.7. The van der Waals surface area contributed by atoms with E-state index in [-0.39, 0.29) is 17.3 Å². The summed E-state index contributed by atoms with van der Waals surface area (Å²) in [6.07, 6.45) is 4.07. The van der Waals surface area contributed by atoms with E-state index in [1.807, 2.05) is 18.2 Å². The third kappa shape index (κ3) is 5.67. The van der Waals surface area contributed by atoms with Crippen LogP contribution in [0.5, 0.6) is 11.8 Å². The fourth-order valence-corrected chi connectivity index (χ4v) is 3.80. The molecule has 0 saturated heterocycles. The number of amides is 1. The first-order valence-corrected chi connectivity index (χ1v) is 12.0. The zero-order valence-corrected chi connectivity index (χ0v) is 18.6. The Hall–Kier alpha value is -3.47. The molecule has 1 fully saturated rings. The summed E-state index contributed by atoms with van der Waals surface area (Å²) in [6, 6.07) is 8.60. The lowest BCUT2D eigenvalue weighted by Gasteiger charge is -2.15. The Balaban J connectivity index is 1.42. The molecule has 1 unspecified atom stereocenters. The molecule has 1 saturated carbocycles. The fraction of sp³-hybridized carbons (Fsp3) is 0.273. The van der Waals surface area contributed by atoms with Gasteiger partial charge in [-0.2, -0.15) is 4.98 Å². The van der Waals surface area contributed by atoms with Gasteiger partial charge < -0.3 is 14.5 Å². The maximum absolute atomic E-state index is 14.2. The molecule has 174 valence electrons. The van der Waals surface area contributed by atoms with Crippen LogP contribution in [0, 0.1) is 11.6 Å². The summed E-state index contributed by atoms with van der Waals surface area (Å²) in [7, 11) is -3.86. The topological polar surface area (TPSA) is 111 Å². The number of sulfonamides is 1. The Morgan fingerprint density at radius 2 is 1.91 bits per heavy atom. The largest absolute Gasteiger partial charge is 0.416 e. The molecule has 11 heteroatoms. The highest BCUT2D eigenvalue weighted by molar-refractivity contribution is 7.92. The number of anilines is 1. The maximum Gasteiger partial charge on any atom is 0.399 e. The van der Waals surface area contributed by atoms with Gasteiger partial charge in [-0.15, -0.1) is 0 Å². The second kappa shape index (κ2) is 8.81. The van der Waals surface area contributed by atoms with Gasteiger partial charge >= 0.3 is 6.08 Å². The molecule has 1 atom stereocenters. The zero-order chi connectivity index (χ0) is 23.8. The monoisotopic (exact) mass is 477 g/mol. The van der Waals surface area contributed by atoms with Gasteiger partial charge in [0.1, 0.15) is 17.7 Å². The van der Waals surface area contributed by atoms with Crippen molar-refractivity contribution in [3.05, 3.63) is 71.1 Å². The number of carbonyl (C=O) groups is 1. The van der Waals surface area contributed by atoms with E-state index in [2.05, 4.69) is 10.3 Å². The van der Waals surface area contributed by atoms with Crippen molar-refractivity contribution in [2.24, 2.45) is 0 Å². The number of hydrogen-bond acceptors (Lipinski definition) is 6. The van der Waals surface area contributed by atoms with E-state index in [0.29, 0.717) is 11.7 Å². The van der Waals surface area contributed by atoms with E-state index in [0.717, 1.165) is 37.5 Å². The predicted octanol–water partition coefficient (Wildman–Crippen LogP) is 4.49. The molecule has 0 radical (unpaired) electrons. The minimum Gasteiger partial charge on any atom is -0.416 e. The summed E-state index contributed by atoms with van der Waals surface area (Å²) in [4.78, 5) is 16.5. The van der Waals surface area contributed by atoms with Crippen molar-refractivity contribution < 1.29 is 31.1 Å². The van der Waals surface area contributed by atoms with Crippen molar-refractivity contribution >= 4 is 21.6 Å². The minimum absolute atomic E-state index is 0.0773. The third-order valence-corrected chi connectivity index (χ3v) is 5.60. The van der Waals surface area contributed by atoms with Crippen LogP contribution in [0.3, 0.4) is 0 Å². The van der Waals surface area contributed by atoms with Crippen LogP contribution in [0.4, 0.5) is 14.5 Å². The molecule has 0 aliphatic heterocycles. The Bertz CT molecular complexity index is 1280. The third-order valence-electron chi connectivity index (χ3n) is 5.03. The van der Waals surface area contributed by atoms with E-state index in [4.69, 9.17) is 9.15 Å². The zero-order valence-electron chi connectivity index (χ0n) is 17.8. The van der Waals surface area contributed by atoms with Crippen molar-refractivity contribution in [2.45, 2.75) is 31.7 Å². The standard InChI is InChI=1S/C22H21F2N3O5S/c1-12(15-9-17(23)20(18(24)10-15)27-33(2,29)30)25-21(28)19-11-31-22(26-19)32-16-5-3-4-14(8-16)13-6-7-13/h3-5,8-13,27H,6-7H2,1-2H3,(H,25,28). The van der Waals surface area contributed by atoms with Crippen molar-refractivity contribution in [1.82, 2.24) is 10.3 Å². The highest BCUT2D eigenvalue weighted by atomic mass is 32.2. The Morgan fingerprint density at radius 1 is 1.21 bits per heavy atom. The number of aromatic nitrogens is 1. The van der Waals surface area contributed by atoms with Gasteiger partial charge in [-0.25, -0.2) is 17.2 Å². The van der Waals surface area contributed by atoms with Crippen molar-refractivity contribution in [3.8, 4) is 11.8 Å². The van der Waals surface area contributed by atoms with Gasteiger partial charge in [0.15, 0.2) is 17.3 Å². The fourth-order valence-electron chi connectivity index (χ4n) is 3.24. The molecule has 4 rings (SSSR count). The average Bonchev–Trinajstić information content (AvgIpc) is 3.49. The number of halogens is 2. The van der Waals surface area contributed by atoms with Crippen LogP contribution in [0.25, 0.3) is 0 Å². The highest BCUT2D eigenvalue weighted by Gasteiger charge is 2.24. The molecule has 1 aliphatic carbocycles. The number of ether oxygens (including phenoxy) is 1. The number of rotatable bonds is 8. The second-order valence-corrected chi connectivity index (χ2v) is 9.62. The first-order chi connectivity index (χ1) is 15.6. The minimum atomic E-state index is -3.86. The normalized spacial score (nSPS) is 14.5. The maximum atomic E-state index is 14.2. The molecule has 1 aromatic heterocycles. The summed E-state index contributed by atoms with van der Waals surface area (Å²) in [5.74, 6) is -1.78. The molecule has 0 spiro atoms. The van der Waals surface area contributed by atoms with E-state index >= 15 is 0 Å². The molecule has 2 aromatic carbocycles. The molecule has 2 N–H and O–H groups in total. The number of oxazole rings is 1. The number of hydrogen-bond donors (Lipinski definition) is 2. The van der Waals surface area contributed by atoms with E-state index < -0.39 is 39.3 Å². The smallest absolute Gasteiger partial charge is 0.399 e. The molecule has 1 heterocycles. The van der Waals surface area contributed by atoms with Crippen LogP contribution in [-0.4, -0.2) is 25.6 Å². The lowest BCUT2D eigenvalue weighted by Crippen LogP contribution is -2.27. The number of nitrogens with zero attached hydrogens (tertiary/aromatic N) is 1. The number of carbonyl (C=O) groups excluding carboxylic acids is 1. The van der Waals surface area contributed by atoms with Crippen LogP contribution in [0.15, 0.2) is 47.1 Å².